The number of aromatic hydroxyl groups is 1. The standard InChI is InChI=1S/C40H57N9O7/c1-25(50)45-31(22-26-10-4-2-5-11-26)36(53)48-33(24-27-12-6-3-7-13-27)39(56)49-21-19-34(49)38(55)47-32(23-28-15-17-29(51)18-16-28)37(54)46-30(35(41)52)14-8-9-20-44-40(42)43/h2,4-5,10-11,15-18,27,30-34,51H,3,6-9,12-14,19-24H2,1H3,(H2,41,52)(H,45,50)(H,46,54)(H,47,55)(H,48,53)(H4,42,43,44)/t30-,31+,32+,33+,34-/m0/s1. The van der Waals surface area contributed by atoms with Gasteiger partial charge in [-0.2, -0.15) is 0 Å². The number of phenols is 1. The van der Waals surface area contributed by atoms with Crippen LogP contribution in [0.15, 0.2) is 59.6 Å². The number of amides is 6. The fraction of sp³-hybridized carbons (Fsp3) is 0.525. The molecule has 56 heavy (non-hydrogen) atoms. The molecule has 0 radical (unpaired) electrons. The van der Waals surface area contributed by atoms with Gasteiger partial charge in [-0.3, -0.25) is 33.8 Å². The summed E-state index contributed by atoms with van der Waals surface area (Å²) in [7, 11) is 0. The minimum atomic E-state index is -1.16. The van der Waals surface area contributed by atoms with Gasteiger partial charge >= 0.3 is 0 Å². The number of aliphatic imine (C=N–C) groups is 1. The van der Waals surface area contributed by atoms with Gasteiger partial charge in [0.2, 0.25) is 35.4 Å². The van der Waals surface area contributed by atoms with Crippen molar-refractivity contribution in [1.29, 1.82) is 0 Å². The highest BCUT2D eigenvalue weighted by atomic mass is 16.3. The molecule has 6 amide bonds. The van der Waals surface area contributed by atoms with E-state index in [9.17, 15) is 33.9 Å². The smallest absolute Gasteiger partial charge is 0.245 e. The van der Waals surface area contributed by atoms with E-state index in [1.807, 2.05) is 30.3 Å². The lowest BCUT2D eigenvalue weighted by molar-refractivity contribution is -0.151. The summed E-state index contributed by atoms with van der Waals surface area (Å²) in [5.74, 6) is -3.09. The highest BCUT2D eigenvalue weighted by molar-refractivity contribution is 5.97. The van der Waals surface area contributed by atoms with Gasteiger partial charge in [-0.05, 0) is 61.3 Å². The maximum absolute atomic E-state index is 14.3. The summed E-state index contributed by atoms with van der Waals surface area (Å²) in [6.45, 7) is 1.94. The third kappa shape index (κ3) is 13.6. The molecule has 304 valence electrons. The molecule has 11 N–H and O–H groups in total. The van der Waals surface area contributed by atoms with Crippen LogP contribution >= 0.6 is 0 Å². The number of hydrogen-bond donors (Lipinski definition) is 8. The van der Waals surface area contributed by atoms with Gasteiger partial charge in [0.05, 0.1) is 0 Å². The Labute approximate surface area is 327 Å². The van der Waals surface area contributed by atoms with E-state index < -0.39 is 59.7 Å². The van der Waals surface area contributed by atoms with Crippen molar-refractivity contribution in [2.75, 3.05) is 13.1 Å². The number of carbonyl (C=O) groups is 6. The van der Waals surface area contributed by atoms with Crippen molar-refractivity contribution in [3.05, 3.63) is 65.7 Å². The average molecular weight is 776 g/mol. The number of nitrogens with zero attached hydrogens (tertiary/aromatic N) is 2. The normalized spacial score (nSPS) is 17.5. The maximum atomic E-state index is 14.3. The minimum Gasteiger partial charge on any atom is -0.508 e. The number of primary amides is 1. The van der Waals surface area contributed by atoms with Gasteiger partial charge in [-0.25, -0.2) is 0 Å². The van der Waals surface area contributed by atoms with Crippen molar-refractivity contribution in [2.24, 2.45) is 28.1 Å². The number of guanidine groups is 1. The molecule has 2 aliphatic rings. The third-order valence-electron chi connectivity index (χ3n) is 10.4. The van der Waals surface area contributed by atoms with Crippen LogP contribution in [0.4, 0.5) is 0 Å². The first-order valence-corrected chi connectivity index (χ1v) is 19.5. The van der Waals surface area contributed by atoms with E-state index in [1.165, 1.54) is 24.0 Å². The van der Waals surface area contributed by atoms with E-state index in [1.54, 1.807) is 12.1 Å². The van der Waals surface area contributed by atoms with Gasteiger partial charge in [-0.15, -0.1) is 0 Å². The number of hydrogen-bond acceptors (Lipinski definition) is 8. The lowest BCUT2D eigenvalue weighted by Crippen LogP contribution is -2.65. The number of benzene rings is 2. The summed E-state index contributed by atoms with van der Waals surface area (Å²) in [6, 6.07) is 10.4. The molecule has 16 heteroatoms. The number of phenolic OH excluding ortho intramolecular Hbond substituents is 1. The van der Waals surface area contributed by atoms with Gasteiger partial charge in [-0.1, -0.05) is 74.6 Å². The zero-order valence-electron chi connectivity index (χ0n) is 32.1. The maximum Gasteiger partial charge on any atom is 0.245 e. The Bertz CT molecular complexity index is 1680. The number of unbranched alkanes of at least 4 members (excludes halogenated alkanes) is 1. The Balaban J connectivity index is 1.49. The Morgan fingerprint density at radius 1 is 0.750 bits per heavy atom. The molecule has 2 fully saturated rings. The molecule has 0 aromatic heterocycles. The minimum absolute atomic E-state index is 0.0147. The fourth-order valence-corrected chi connectivity index (χ4v) is 7.25. The van der Waals surface area contributed by atoms with Gasteiger partial charge in [0.25, 0.3) is 0 Å². The Morgan fingerprint density at radius 2 is 1.36 bits per heavy atom. The van der Waals surface area contributed by atoms with Crippen molar-refractivity contribution < 1.29 is 33.9 Å². The molecule has 1 heterocycles. The molecule has 0 spiro atoms. The van der Waals surface area contributed by atoms with Gasteiger partial charge in [0, 0.05) is 32.9 Å². The van der Waals surface area contributed by atoms with Gasteiger partial charge in [0.1, 0.15) is 36.0 Å². The number of nitrogens with two attached hydrogens (primary N) is 3. The molecule has 1 saturated carbocycles. The van der Waals surface area contributed by atoms with Crippen LogP contribution in [0.2, 0.25) is 0 Å². The predicted molar refractivity (Wildman–Crippen MR) is 210 cm³/mol. The van der Waals surface area contributed by atoms with E-state index in [-0.39, 0.29) is 49.3 Å². The zero-order chi connectivity index (χ0) is 40.6. The molecular weight excluding hydrogens is 718 g/mol. The van der Waals surface area contributed by atoms with Crippen molar-refractivity contribution in [3.63, 3.8) is 0 Å². The third-order valence-corrected chi connectivity index (χ3v) is 10.4. The summed E-state index contributed by atoms with van der Waals surface area (Å²) in [6.07, 6.45) is 7.19. The first-order chi connectivity index (χ1) is 26.8. The van der Waals surface area contributed by atoms with Crippen LogP contribution in [0.3, 0.4) is 0 Å². The lowest BCUT2D eigenvalue weighted by Gasteiger charge is -2.42. The largest absolute Gasteiger partial charge is 0.508 e. The second-order valence-electron chi connectivity index (χ2n) is 14.8. The zero-order valence-corrected chi connectivity index (χ0v) is 32.1. The molecule has 0 bridgehead atoms. The summed E-state index contributed by atoms with van der Waals surface area (Å²) in [4.78, 5) is 85.5. The topological polar surface area (TPSA) is 264 Å². The molecule has 4 rings (SSSR count). The molecule has 5 atom stereocenters. The molecule has 2 aromatic carbocycles. The Morgan fingerprint density at radius 3 is 1.93 bits per heavy atom. The van der Waals surface area contributed by atoms with E-state index in [2.05, 4.69) is 26.3 Å². The van der Waals surface area contributed by atoms with Crippen molar-refractivity contribution in [3.8, 4) is 5.75 Å². The molecule has 0 unspecified atom stereocenters. The van der Waals surface area contributed by atoms with Crippen molar-refractivity contribution in [2.45, 2.75) is 114 Å². The fourth-order valence-electron chi connectivity index (χ4n) is 7.25. The summed E-state index contributed by atoms with van der Waals surface area (Å²) in [5.41, 5.74) is 17.8. The quantitative estimate of drug-likeness (QED) is 0.0532. The van der Waals surface area contributed by atoms with Crippen molar-refractivity contribution >= 4 is 41.4 Å². The number of likely N-dealkylation sites (tertiary alicyclic amines) is 1. The lowest BCUT2D eigenvalue weighted by atomic mass is 9.84. The van der Waals surface area contributed by atoms with E-state index in [0.717, 1.165) is 37.7 Å². The van der Waals surface area contributed by atoms with Crippen LogP contribution in [-0.4, -0.2) is 94.7 Å². The monoisotopic (exact) mass is 775 g/mol. The van der Waals surface area contributed by atoms with E-state index >= 15 is 0 Å². The first kappa shape index (κ1) is 43.1. The van der Waals surface area contributed by atoms with Crippen molar-refractivity contribution in [1.82, 2.24) is 26.2 Å². The Kier molecular flexibility index (Phi) is 16.5. The van der Waals surface area contributed by atoms with Crippen LogP contribution in [0.25, 0.3) is 0 Å². The summed E-state index contributed by atoms with van der Waals surface area (Å²) < 4.78 is 0. The van der Waals surface area contributed by atoms with Crippen LogP contribution in [0.1, 0.15) is 82.3 Å². The molecule has 1 aliphatic carbocycles. The first-order valence-electron chi connectivity index (χ1n) is 19.5. The second kappa shape index (κ2) is 21.4. The molecule has 1 saturated heterocycles. The average Bonchev–Trinajstić information content (AvgIpc) is 3.14. The van der Waals surface area contributed by atoms with Crippen LogP contribution < -0.4 is 38.5 Å². The second-order valence-corrected chi connectivity index (χ2v) is 14.8. The predicted octanol–water partition coefficient (Wildman–Crippen LogP) is 0.637. The highest BCUT2D eigenvalue weighted by Gasteiger charge is 2.43. The molecule has 1 aliphatic heterocycles. The highest BCUT2D eigenvalue weighted by Crippen LogP contribution is 2.29. The molecule has 16 nitrogen and oxygen atoms in total. The van der Waals surface area contributed by atoms with Crippen LogP contribution in [0, 0.1) is 5.92 Å². The van der Waals surface area contributed by atoms with E-state index in [4.69, 9.17) is 17.2 Å². The molecular formula is C40H57N9O7. The SMILES string of the molecule is CC(=O)N[C@H](Cc1ccccc1)C(=O)N[C@H](CC1CCCCC1)C(=O)N1CC[C@H]1C(=O)N[C@H](Cc1ccc(O)cc1)C(=O)N[C@@H](CCCCN=C(N)N)C(N)=O. The summed E-state index contributed by atoms with van der Waals surface area (Å²) >= 11 is 0. The van der Waals surface area contributed by atoms with Gasteiger partial charge in [0.15, 0.2) is 5.96 Å². The number of rotatable bonds is 20. The van der Waals surface area contributed by atoms with E-state index in [0.29, 0.717) is 37.8 Å². The number of nitrogens with one attached hydrogen (secondary N) is 4. The Hall–Kier alpha value is -5.67. The van der Waals surface area contributed by atoms with Crippen LogP contribution in [-0.2, 0) is 41.6 Å². The summed E-state index contributed by atoms with van der Waals surface area (Å²) in [5, 5.41) is 20.9. The van der Waals surface area contributed by atoms with Crippen LogP contribution in [0.5, 0.6) is 5.75 Å². The number of carbonyl (C=O) groups excluding carboxylic acids is 6. The molecule has 2 aromatic rings. The van der Waals surface area contributed by atoms with Gasteiger partial charge < -0.3 is 48.5 Å².